The van der Waals surface area contributed by atoms with E-state index in [1.807, 2.05) is 48.5 Å². The summed E-state index contributed by atoms with van der Waals surface area (Å²) < 4.78 is 11.0. The first-order valence-electron chi connectivity index (χ1n) is 10.7. The Morgan fingerprint density at radius 3 is 2.03 bits per heavy atom. The van der Waals surface area contributed by atoms with Crippen molar-refractivity contribution < 1.29 is 19.1 Å². The molecule has 0 bridgehead atoms. The van der Waals surface area contributed by atoms with Crippen molar-refractivity contribution in [3.8, 4) is 5.75 Å². The molecule has 0 aromatic heterocycles. The van der Waals surface area contributed by atoms with Crippen molar-refractivity contribution in [2.75, 3.05) is 37.7 Å². The van der Waals surface area contributed by atoms with Gasteiger partial charge in [-0.25, -0.2) is 4.79 Å². The van der Waals surface area contributed by atoms with Gasteiger partial charge in [0.05, 0.1) is 5.56 Å². The molecule has 1 amide bonds. The van der Waals surface area contributed by atoms with Gasteiger partial charge in [0, 0.05) is 31.9 Å². The van der Waals surface area contributed by atoms with Gasteiger partial charge in [-0.1, -0.05) is 48.5 Å². The fraction of sp³-hybridized carbons (Fsp3) is 0.231. The molecule has 0 unspecified atom stereocenters. The Balaban J connectivity index is 1.21. The lowest BCUT2D eigenvalue weighted by Crippen LogP contribution is -2.49. The average molecular weight is 431 g/mol. The molecule has 0 aliphatic carbocycles. The highest BCUT2D eigenvalue weighted by Crippen LogP contribution is 2.17. The molecule has 1 aliphatic heterocycles. The van der Waals surface area contributed by atoms with Gasteiger partial charge >= 0.3 is 5.97 Å². The van der Waals surface area contributed by atoms with Crippen LogP contribution in [0.1, 0.15) is 15.9 Å². The third-order valence-electron chi connectivity index (χ3n) is 5.42. The molecule has 3 aromatic carbocycles. The molecule has 0 saturated carbocycles. The molecule has 6 heteroatoms. The molecule has 1 fully saturated rings. The summed E-state index contributed by atoms with van der Waals surface area (Å²) in [5, 5.41) is 0. The second kappa shape index (κ2) is 10.5. The van der Waals surface area contributed by atoms with Crippen LogP contribution in [-0.2, 0) is 16.1 Å². The molecule has 6 nitrogen and oxygen atoms in total. The lowest BCUT2D eigenvalue weighted by molar-refractivity contribution is -0.134. The number of esters is 1. The number of piperazine rings is 1. The van der Waals surface area contributed by atoms with Crippen molar-refractivity contribution >= 4 is 17.6 Å². The number of carbonyl (C=O) groups is 2. The zero-order valence-electron chi connectivity index (χ0n) is 17.9. The van der Waals surface area contributed by atoms with E-state index in [0.29, 0.717) is 31.0 Å². The molecule has 4 rings (SSSR count). The molecule has 1 saturated heterocycles. The van der Waals surface area contributed by atoms with Crippen LogP contribution in [0.4, 0.5) is 5.69 Å². The number of benzene rings is 3. The summed E-state index contributed by atoms with van der Waals surface area (Å²) in [6, 6.07) is 26.7. The summed E-state index contributed by atoms with van der Waals surface area (Å²) in [5.74, 6) is -0.0254. The maximum absolute atomic E-state index is 12.5. The maximum atomic E-state index is 12.5. The highest BCUT2D eigenvalue weighted by molar-refractivity contribution is 5.91. The average Bonchev–Trinajstić information content (AvgIpc) is 2.87. The number of ether oxygens (including phenoxy) is 2. The van der Waals surface area contributed by atoms with Crippen LogP contribution >= 0.6 is 0 Å². The normalized spacial score (nSPS) is 13.5. The predicted molar refractivity (Wildman–Crippen MR) is 123 cm³/mol. The number of anilines is 1. The summed E-state index contributed by atoms with van der Waals surface area (Å²) in [6.07, 6.45) is 0. The van der Waals surface area contributed by atoms with E-state index in [1.54, 1.807) is 29.2 Å². The van der Waals surface area contributed by atoms with E-state index >= 15 is 0 Å². The second-order valence-corrected chi connectivity index (χ2v) is 7.58. The number of amides is 1. The topological polar surface area (TPSA) is 59.1 Å². The van der Waals surface area contributed by atoms with Crippen LogP contribution in [0.2, 0.25) is 0 Å². The van der Waals surface area contributed by atoms with Gasteiger partial charge < -0.3 is 19.3 Å². The molecule has 0 radical (unpaired) electrons. The Labute approximate surface area is 188 Å². The van der Waals surface area contributed by atoms with Gasteiger partial charge in [0.2, 0.25) is 0 Å². The van der Waals surface area contributed by atoms with E-state index in [9.17, 15) is 9.59 Å². The van der Waals surface area contributed by atoms with Crippen LogP contribution in [-0.4, -0.2) is 49.6 Å². The van der Waals surface area contributed by atoms with E-state index in [-0.39, 0.29) is 12.5 Å². The predicted octanol–water partition coefficient (Wildman–Crippen LogP) is 3.77. The first kappa shape index (κ1) is 21.4. The van der Waals surface area contributed by atoms with Gasteiger partial charge in [0.1, 0.15) is 12.4 Å². The molecule has 0 atom stereocenters. The van der Waals surface area contributed by atoms with Gasteiger partial charge in [0.25, 0.3) is 5.91 Å². The molecule has 3 aromatic rings. The van der Waals surface area contributed by atoms with Crippen LogP contribution in [0, 0.1) is 0 Å². The number of hydrogen-bond donors (Lipinski definition) is 0. The fourth-order valence-corrected chi connectivity index (χ4v) is 3.58. The zero-order chi connectivity index (χ0) is 22.2. The molecular formula is C26H26N2O4. The minimum Gasteiger partial charge on any atom is -0.489 e. The van der Waals surface area contributed by atoms with Crippen molar-refractivity contribution in [3.63, 3.8) is 0 Å². The summed E-state index contributed by atoms with van der Waals surface area (Å²) in [7, 11) is 0. The molecule has 164 valence electrons. The van der Waals surface area contributed by atoms with Crippen molar-refractivity contribution in [3.05, 3.63) is 96.1 Å². The first-order chi connectivity index (χ1) is 15.7. The van der Waals surface area contributed by atoms with Crippen molar-refractivity contribution in [2.45, 2.75) is 6.61 Å². The largest absolute Gasteiger partial charge is 0.489 e. The molecule has 0 spiro atoms. The Kier molecular flexibility index (Phi) is 7.02. The van der Waals surface area contributed by atoms with Crippen LogP contribution in [0.15, 0.2) is 84.9 Å². The Morgan fingerprint density at radius 2 is 1.38 bits per heavy atom. The van der Waals surface area contributed by atoms with Crippen molar-refractivity contribution in [2.24, 2.45) is 0 Å². The number of rotatable bonds is 7. The van der Waals surface area contributed by atoms with Gasteiger partial charge in [0.15, 0.2) is 6.61 Å². The number of para-hydroxylation sites is 1. The molecule has 1 heterocycles. The quantitative estimate of drug-likeness (QED) is 0.534. The smallest absolute Gasteiger partial charge is 0.338 e. The summed E-state index contributed by atoms with van der Waals surface area (Å²) >= 11 is 0. The minimum atomic E-state index is -0.518. The third-order valence-corrected chi connectivity index (χ3v) is 5.42. The molecular weight excluding hydrogens is 404 g/mol. The van der Waals surface area contributed by atoms with E-state index in [0.717, 1.165) is 24.3 Å². The monoisotopic (exact) mass is 430 g/mol. The van der Waals surface area contributed by atoms with Crippen LogP contribution in [0.25, 0.3) is 0 Å². The van der Waals surface area contributed by atoms with E-state index in [2.05, 4.69) is 17.0 Å². The SMILES string of the molecule is O=C(OCC(=O)N1CCN(c2ccccc2)CC1)c1ccc(OCc2ccccc2)cc1. The summed E-state index contributed by atoms with van der Waals surface area (Å²) in [4.78, 5) is 28.8. The number of nitrogens with zero attached hydrogens (tertiary/aromatic N) is 2. The van der Waals surface area contributed by atoms with Gasteiger partial charge in [-0.2, -0.15) is 0 Å². The van der Waals surface area contributed by atoms with Gasteiger partial charge in [-0.05, 0) is 42.0 Å². The van der Waals surface area contributed by atoms with E-state index in [4.69, 9.17) is 9.47 Å². The Hall–Kier alpha value is -3.80. The zero-order valence-corrected chi connectivity index (χ0v) is 17.9. The van der Waals surface area contributed by atoms with Crippen LogP contribution < -0.4 is 9.64 Å². The van der Waals surface area contributed by atoms with Gasteiger partial charge in [-0.15, -0.1) is 0 Å². The number of carbonyl (C=O) groups excluding carboxylic acids is 2. The van der Waals surface area contributed by atoms with Crippen LogP contribution in [0.5, 0.6) is 5.75 Å². The molecule has 0 N–H and O–H groups in total. The fourth-order valence-electron chi connectivity index (χ4n) is 3.58. The second-order valence-electron chi connectivity index (χ2n) is 7.58. The van der Waals surface area contributed by atoms with Gasteiger partial charge in [-0.3, -0.25) is 4.79 Å². The standard InChI is InChI=1S/C26H26N2O4/c29-25(28-17-15-27(16-18-28)23-9-5-2-6-10-23)20-32-26(30)22-11-13-24(14-12-22)31-19-21-7-3-1-4-8-21/h1-14H,15-20H2. The molecule has 32 heavy (non-hydrogen) atoms. The first-order valence-corrected chi connectivity index (χ1v) is 10.7. The highest BCUT2D eigenvalue weighted by Gasteiger charge is 2.22. The van der Waals surface area contributed by atoms with E-state index < -0.39 is 5.97 Å². The van der Waals surface area contributed by atoms with Crippen molar-refractivity contribution in [1.29, 1.82) is 0 Å². The lowest BCUT2D eigenvalue weighted by Gasteiger charge is -2.36. The summed E-state index contributed by atoms with van der Waals surface area (Å²) in [5.41, 5.74) is 2.61. The highest BCUT2D eigenvalue weighted by atomic mass is 16.5. The number of hydrogen-bond acceptors (Lipinski definition) is 5. The minimum absolute atomic E-state index is 0.172. The van der Waals surface area contributed by atoms with Crippen molar-refractivity contribution in [1.82, 2.24) is 4.90 Å². The molecule has 1 aliphatic rings. The van der Waals surface area contributed by atoms with Crippen LogP contribution in [0.3, 0.4) is 0 Å². The summed E-state index contributed by atoms with van der Waals surface area (Å²) in [6.45, 7) is 2.94. The third kappa shape index (κ3) is 5.66. The van der Waals surface area contributed by atoms with E-state index in [1.165, 1.54) is 0 Å². The lowest BCUT2D eigenvalue weighted by atomic mass is 10.2. The Morgan fingerprint density at radius 1 is 0.750 bits per heavy atom. The Bertz CT molecular complexity index is 1010. The maximum Gasteiger partial charge on any atom is 0.338 e.